The monoisotopic (exact) mass is 191 g/mol. The number of rotatable bonds is 2. The molecule has 1 saturated heterocycles. The van der Waals surface area contributed by atoms with Gasteiger partial charge in [0.2, 0.25) is 0 Å². The Kier molecular flexibility index (Phi) is 2.73. The summed E-state index contributed by atoms with van der Waals surface area (Å²) in [6.07, 6.45) is 2.50. The summed E-state index contributed by atoms with van der Waals surface area (Å²) in [5.41, 5.74) is 1.22. The van der Waals surface area contributed by atoms with Gasteiger partial charge >= 0.3 is 0 Å². The van der Waals surface area contributed by atoms with Gasteiger partial charge in [-0.1, -0.05) is 12.1 Å². The second-order valence-corrected chi connectivity index (χ2v) is 3.60. The van der Waals surface area contributed by atoms with Crippen LogP contribution in [0.3, 0.4) is 0 Å². The molecule has 75 valence electrons. The average Bonchev–Trinajstić information content (AvgIpc) is 2.65. The van der Waals surface area contributed by atoms with E-state index in [-0.39, 0.29) is 12.2 Å². The van der Waals surface area contributed by atoms with Crippen molar-refractivity contribution >= 4 is 0 Å². The van der Waals surface area contributed by atoms with E-state index in [2.05, 4.69) is 19.1 Å². The van der Waals surface area contributed by atoms with E-state index in [1.165, 1.54) is 5.56 Å². The Hall–Kier alpha value is -1.02. The molecule has 2 unspecified atom stereocenters. The van der Waals surface area contributed by atoms with Crippen molar-refractivity contribution in [3.8, 4) is 5.75 Å². The van der Waals surface area contributed by atoms with E-state index in [0.29, 0.717) is 0 Å². The van der Waals surface area contributed by atoms with Crippen molar-refractivity contribution in [1.29, 1.82) is 0 Å². The van der Waals surface area contributed by atoms with Gasteiger partial charge in [-0.05, 0) is 37.5 Å². The van der Waals surface area contributed by atoms with Gasteiger partial charge in [0.05, 0.1) is 19.3 Å². The maximum Gasteiger partial charge on any atom is 0.118 e. The number of methoxy groups -OCH3 is 1. The van der Waals surface area contributed by atoms with Crippen LogP contribution in [0.4, 0.5) is 0 Å². The molecule has 1 aromatic rings. The second-order valence-electron chi connectivity index (χ2n) is 3.60. The summed E-state index contributed by atoms with van der Waals surface area (Å²) in [7, 11) is 1.67. The standard InChI is InChI=1S/C12H15O2/c1-9-3-8-12(14-9)10-4-6-11(13-2)7-5-10/h4-7,9,12H,1,3,8H2,2H3. The van der Waals surface area contributed by atoms with Crippen LogP contribution in [0, 0.1) is 6.92 Å². The first-order chi connectivity index (χ1) is 6.79. The van der Waals surface area contributed by atoms with E-state index >= 15 is 0 Å². The summed E-state index contributed by atoms with van der Waals surface area (Å²) < 4.78 is 10.8. The minimum Gasteiger partial charge on any atom is -0.497 e. The smallest absolute Gasteiger partial charge is 0.118 e. The molecule has 1 aromatic carbocycles. The van der Waals surface area contributed by atoms with Crippen LogP contribution in [-0.2, 0) is 4.74 Å². The first kappa shape index (κ1) is 9.53. The largest absolute Gasteiger partial charge is 0.497 e. The third kappa shape index (κ3) is 1.90. The maximum atomic E-state index is 5.67. The van der Waals surface area contributed by atoms with Crippen molar-refractivity contribution in [1.82, 2.24) is 0 Å². The molecule has 2 rings (SSSR count). The lowest BCUT2D eigenvalue weighted by Gasteiger charge is -2.11. The van der Waals surface area contributed by atoms with Gasteiger partial charge in [0, 0.05) is 0 Å². The molecule has 1 heterocycles. The molecule has 1 aliphatic rings. The lowest BCUT2D eigenvalue weighted by atomic mass is 10.1. The van der Waals surface area contributed by atoms with Crippen molar-refractivity contribution in [2.75, 3.05) is 7.11 Å². The van der Waals surface area contributed by atoms with Gasteiger partial charge in [0.1, 0.15) is 5.75 Å². The molecule has 0 bridgehead atoms. The highest BCUT2D eigenvalue weighted by molar-refractivity contribution is 5.28. The topological polar surface area (TPSA) is 18.5 Å². The van der Waals surface area contributed by atoms with Crippen LogP contribution < -0.4 is 4.74 Å². The highest BCUT2D eigenvalue weighted by Gasteiger charge is 2.22. The van der Waals surface area contributed by atoms with Gasteiger partial charge < -0.3 is 9.47 Å². The molecule has 2 heteroatoms. The minimum absolute atomic E-state index is 0.155. The third-order valence-electron chi connectivity index (χ3n) is 2.60. The zero-order valence-corrected chi connectivity index (χ0v) is 8.40. The highest BCUT2D eigenvalue weighted by atomic mass is 16.5. The van der Waals surface area contributed by atoms with Crippen LogP contribution in [-0.4, -0.2) is 13.2 Å². The van der Waals surface area contributed by atoms with E-state index in [4.69, 9.17) is 9.47 Å². The van der Waals surface area contributed by atoms with Crippen LogP contribution in [0.15, 0.2) is 24.3 Å². The molecule has 14 heavy (non-hydrogen) atoms. The molecule has 0 saturated carbocycles. The molecule has 2 nitrogen and oxygen atoms in total. The molecular weight excluding hydrogens is 176 g/mol. The molecule has 1 aliphatic heterocycles. The predicted molar refractivity (Wildman–Crippen MR) is 55.2 cm³/mol. The van der Waals surface area contributed by atoms with Crippen molar-refractivity contribution in [2.24, 2.45) is 0 Å². The van der Waals surface area contributed by atoms with Crippen molar-refractivity contribution in [2.45, 2.75) is 25.0 Å². The fourth-order valence-corrected chi connectivity index (χ4v) is 1.77. The second kappa shape index (κ2) is 4.01. The van der Waals surface area contributed by atoms with Gasteiger partial charge in [0.15, 0.2) is 0 Å². The Bertz CT molecular complexity index is 292. The molecule has 1 fully saturated rings. The Labute approximate surface area is 84.8 Å². The number of benzene rings is 1. The van der Waals surface area contributed by atoms with Crippen LogP contribution in [0.2, 0.25) is 0 Å². The molecule has 0 amide bonds. The van der Waals surface area contributed by atoms with E-state index in [0.717, 1.165) is 18.6 Å². The van der Waals surface area contributed by atoms with Crippen molar-refractivity contribution in [3.05, 3.63) is 36.8 Å². The Morgan fingerprint density at radius 3 is 2.50 bits per heavy atom. The number of ether oxygens (including phenoxy) is 2. The molecule has 0 spiro atoms. The average molecular weight is 191 g/mol. The Morgan fingerprint density at radius 2 is 2.00 bits per heavy atom. The van der Waals surface area contributed by atoms with E-state index in [1.807, 2.05) is 12.1 Å². The van der Waals surface area contributed by atoms with Gasteiger partial charge in [-0.15, -0.1) is 0 Å². The van der Waals surface area contributed by atoms with E-state index < -0.39 is 0 Å². The van der Waals surface area contributed by atoms with Gasteiger partial charge in [-0.25, -0.2) is 0 Å². The van der Waals surface area contributed by atoms with Gasteiger partial charge in [0.25, 0.3) is 0 Å². The van der Waals surface area contributed by atoms with E-state index in [1.54, 1.807) is 7.11 Å². The van der Waals surface area contributed by atoms with Crippen LogP contribution in [0.5, 0.6) is 5.75 Å². The quantitative estimate of drug-likeness (QED) is 0.715. The SMILES string of the molecule is [CH2]C1CCC(c2ccc(OC)cc2)O1. The Morgan fingerprint density at radius 1 is 1.29 bits per heavy atom. The zero-order chi connectivity index (χ0) is 9.97. The molecule has 0 aliphatic carbocycles. The lowest BCUT2D eigenvalue weighted by molar-refractivity contribution is 0.0696. The summed E-state index contributed by atoms with van der Waals surface area (Å²) in [4.78, 5) is 0. The first-order valence-corrected chi connectivity index (χ1v) is 4.92. The fraction of sp³-hybridized carbons (Fsp3) is 0.417. The predicted octanol–water partition coefficient (Wildman–Crippen LogP) is 2.75. The number of hydrogen-bond acceptors (Lipinski definition) is 2. The first-order valence-electron chi connectivity index (χ1n) is 4.92. The molecule has 0 aromatic heterocycles. The van der Waals surface area contributed by atoms with Gasteiger partial charge in [-0.3, -0.25) is 0 Å². The molecule has 0 N–H and O–H groups in total. The summed E-state index contributed by atoms with van der Waals surface area (Å²) in [6.45, 7) is 3.90. The lowest BCUT2D eigenvalue weighted by Crippen LogP contribution is -2.01. The maximum absolute atomic E-state index is 5.67. The van der Waals surface area contributed by atoms with Crippen molar-refractivity contribution in [3.63, 3.8) is 0 Å². The van der Waals surface area contributed by atoms with Crippen molar-refractivity contribution < 1.29 is 9.47 Å². The zero-order valence-electron chi connectivity index (χ0n) is 8.40. The summed E-state index contributed by atoms with van der Waals surface area (Å²) in [5.74, 6) is 0.887. The summed E-state index contributed by atoms with van der Waals surface area (Å²) in [5, 5.41) is 0. The summed E-state index contributed by atoms with van der Waals surface area (Å²) in [6, 6.07) is 8.05. The minimum atomic E-state index is 0.155. The van der Waals surface area contributed by atoms with E-state index in [9.17, 15) is 0 Å². The number of hydrogen-bond donors (Lipinski definition) is 0. The molecular formula is C12H15O2. The molecule has 1 radical (unpaired) electrons. The molecule has 2 atom stereocenters. The van der Waals surface area contributed by atoms with Crippen LogP contribution >= 0.6 is 0 Å². The van der Waals surface area contributed by atoms with Gasteiger partial charge in [-0.2, -0.15) is 0 Å². The Balaban J connectivity index is 2.09. The third-order valence-corrected chi connectivity index (χ3v) is 2.60. The van der Waals surface area contributed by atoms with Crippen LogP contribution in [0.25, 0.3) is 0 Å². The highest BCUT2D eigenvalue weighted by Crippen LogP contribution is 2.32. The summed E-state index contributed by atoms with van der Waals surface area (Å²) >= 11 is 0. The fourth-order valence-electron chi connectivity index (χ4n) is 1.77. The van der Waals surface area contributed by atoms with Crippen LogP contribution in [0.1, 0.15) is 24.5 Å². The normalized spacial score (nSPS) is 26.4.